The Hall–Kier alpha value is -1.96. The number of fused-ring (bicyclic) bond motifs is 1. The number of hydrogen-bond acceptors (Lipinski definition) is 8. The summed E-state index contributed by atoms with van der Waals surface area (Å²) < 4.78 is 15.2. The van der Waals surface area contributed by atoms with Crippen LogP contribution in [0.15, 0.2) is 21.2 Å². The average Bonchev–Trinajstić information content (AvgIpc) is 2.95. The van der Waals surface area contributed by atoms with Gasteiger partial charge in [0.1, 0.15) is 10.6 Å². The molecule has 7 nitrogen and oxygen atoms in total. The van der Waals surface area contributed by atoms with Crippen LogP contribution >= 0.6 is 11.8 Å². The van der Waals surface area contributed by atoms with Crippen LogP contribution < -0.4 is 0 Å². The van der Waals surface area contributed by atoms with Gasteiger partial charge in [0, 0.05) is 6.54 Å². The third-order valence-corrected chi connectivity index (χ3v) is 4.67. The first-order valence-corrected chi connectivity index (χ1v) is 8.80. The summed E-state index contributed by atoms with van der Waals surface area (Å²) in [5, 5.41) is 0.561. The minimum Gasteiger partial charge on any atom is -0.463 e. The summed E-state index contributed by atoms with van der Waals surface area (Å²) in [6, 6.07) is 0. The molecule has 0 fully saturated rings. The van der Waals surface area contributed by atoms with E-state index in [0.29, 0.717) is 30.0 Å². The van der Waals surface area contributed by atoms with Gasteiger partial charge in [-0.1, -0.05) is 11.8 Å². The smallest absolute Gasteiger partial charge is 0.356 e. The van der Waals surface area contributed by atoms with Crippen LogP contribution in [-0.4, -0.2) is 49.2 Å². The number of ether oxygens (including phenoxy) is 3. The molecule has 24 heavy (non-hydrogen) atoms. The first-order valence-electron chi connectivity index (χ1n) is 7.99. The zero-order valence-corrected chi connectivity index (χ0v) is 14.9. The number of esters is 3. The van der Waals surface area contributed by atoms with Crippen molar-refractivity contribution >= 4 is 29.7 Å². The fourth-order valence-corrected chi connectivity index (χ4v) is 3.76. The number of carbonyl (C=O) groups is 3. The first kappa shape index (κ1) is 18.4. The molecule has 0 aromatic rings. The van der Waals surface area contributed by atoms with E-state index in [1.54, 1.807) is 25.7 Å². The van der Waals surface area contributed by atoms with Crippen LogP contribution in [0.2, 0.25) is 0 Å². The van der Waals surface area contributed by atoms with Gasteiger partial charge in [-0.2, -0.15) is 0 Å². The zero-order chi connectivity index (χ0) is 17.7. The maximum Gasteiger partial charge on any atom is 0.356 e. The highest BCUT2D eigenvalue weighted by Gasteiger charge is 2.42. The SMILES string of the molecule is CCOC(=O)C1=C2SC(C(=O)OCC)=C(C(=O)OCC)N2CCC1. The maximum atomic E-state index is 12.3. The molecule has 0 saturated carbocycles. The Labute approximate surface area is 145 Å². The largest absolute Gasteiger partial charge is 0.463 e. The van der Waals surface area contributed by atoms with Gasteiger partial charge in [-0.25, -0.2) is 14.4 Å². The van der Waals surface area contributed by atoms with Gasteiger partial charge in [0.25, 0.3) is 0 Å². The van der Waals surface area contributed by atoms with Crippen molar-refractivity contribution in [2.24, 2.45) is 0 Å². The van der Waals surface area contributed by atoms with Gasteiger partial charge >= 0.3 is 17.9 Å². The van der Waals surface area contributed by atoms with E-state index in [0.717, 1.165) is 11.8 Å². The van der Waals surface area contributed by atoms with E-state index in [4.69, 9.17) is 14.2 Å². The second-order valence-corrected chi connectivity index (χ2v) is 5.98. The highest BCUT2D eigenvalue weighted by molar-refractivity contribution is 8.07. The van der Waals surface area contributed by atoms with E-state index < -0.39 is 17.9 Å². The number of carbonyl (C=O) groups excluding carboxylic acids is 3. The topological polar surface area (TPSA) is 82.1 Å². The normalized spacial score (nSPS) is 16.9. The zero-order valence-electron chi connectivity index (χ0n) is 14.0. The summed E-state index contributed by atoms with van der Waals surface area (Å²) in [6.45, 7) is 6.31. The molecule has 2 heterocycles. The quantitative estimate of drug-likeness (QED) is 0.528. The summed E-state index contributed by atoms with van der Waals surface area (Å²) in [5.74, 6) is -1.60. The maximum absolute atomic E-state index is 12.3. The lowest BCUT2D eigenvalue weighted by Crippen LogP contribution is -2.31. The van der Waals surface area contributed by atoms with Crippen LogP contribution in [0, 0.1) is 0 Å². The lowest BCUT2D eigenvalue weighted by molar-refractivity contribution is -0.142. The molecule has 132 valence electrons. The van der Waals surface area contributed by atoms with Crippen molar-refractivity contribution < 1.29 is 28.6 Å². The monoisotopic (exact) mass is 355 g/mol. The lowest BCUT2D eigenvalue weighted by Gasteiger charge is -2.28. The minimum atomic E-state index is -0.590. The number of hydrogen-bond donors (Lipinski definition) is 0. The van der Waals surface area contributed by atoms with Crippen LogP contribution in [0.1, 0.15) is 33.6 Å². The predicted molar refractivity (Wildman–Crippen MR) is 87.5 cm³/mol. The third-order valence-electron chi connectivity index (χ3n) is 3.45. The number of nitrogens with zero attached hydrogens (tertiary/aromatic N) is 1. The molecular weight excluding hydrogens is 334 g/mol. The van der Waals surface area contributed by atoms with Crippen molar-refractivity contribution in [3.8, 4) is 0 Å². The number of thioether (sulfide) groups is 1. The fraction of sp³-hybridized carbons (Fsp3) is 0.562. The van der Waals surface area contributed by atoms with Crippen molar-refractivity contribution in [2.45, 2.75) is 33.6 Å². The second kappa shape index (κ2) is 8.23. The third kappa shape index (κ3) is 3.58. The summed E-state index contributed by atoms with van der Waals surface area (Å²) >= 11 is 1.08. The van der Waals surface area contributed by atoms with Crippen LogP contribution in [0.5, 0.6) is 0 Å². The molecule has 0 N–H and O–H groups in total. The molecule has 0 spiro atoms. The lowest BCUT2D eigenvalue weighted by atomic mass is 10.1. The van der Waals surface area contributed by atoms with E-state index in [-0.39, 0.29) is 30.4 Å². The van der Waals surface area contributed by atoms with Crippen LogP contribution in [0.3, 0.4) is 0 Å². The molecule has 2 aliphatic heterocycles. The van der Waals surface area contributed by atoms with E-state index in [2.05, 4.69) is 0 Å². The second-order valence-electron chi connectivity index (χ2n) is 4.98. The Morgan fingerprint density at radius 2 is 1.54 bits per heavy atom. The Morgan fingerprint density at radius 1 is 0.958 bits per heavy atom. The summed E-state index contributed by atoms with van der Waals surface area (Å²) in [5.41, 5.74) is 0.631. The molecule has 0 atom stereocenters. The van der Waals surface area contributed by atoms with Crippen molar-refractivity contribution in [1.29, 1.82) is 0 Å². The summed E-state index contributed by atoms with van der Waals surface area (Å²) in [4.78, 5) is 38.6. The molecule has 8 heteroatoms. The van der Waals surface area contributed by atoms with Gasteiger partial charge in [0.15, 0.2) is 0 Å². The van der Waals surface area contributed by atoms with Crippen molar-refractivity contribution in [3.05, 3.63) is 21.2 Å². The minimum absolute atomic E-state index is 0.150. The van der Waals surface area contributed by atoms with E-state index in [1.165, 1.54) is 0 Å². The Morgan fingerprint density at radius 3 is 2.17 bits per heavy atom. The average molecular weight is 355 g/mol. The molecule has 0 aromatic heterocycles. The molecule has 0 aliphatic carbocycles. The van der Waals surface area contributed by atoms with E-state index in [1.807, 2.05) is 0 Å². The van der Waals surface area contributed by atoms with Crippen molar-refractivity contribution in [1.82, 2.24) is 4.90 Å². The van der Waals surface area contributed by atoms with Crippen molar-refractivity contribution in [3.63, 3.8) is 0 Å². The molecule has 2 rings (SSSR count). The Balaban J connectivity index is 2.44. The fourth-order valence-electron chi connectivity index (χ4n) is 2.53. The highest BCUT2D eigenvalue weighted by Crippen LogP contribution is 2.46. The summed E-state index contributed by atoms with van der Waals surface area (Å²) in [6.07, 6.45) is 1.22. The van der Waals surface area contributed by atoms with Gasteiger partial charge in [-0.15, -0.1) is 0 Å². The molecule has 0 aromatic carbocycles. The Bertz CT molecular complexity index is 610. The molecule has 0 saturated heterocycles. The van der Waals surface area contributed by atoms with E-state index in [9.17, 15) is 14.4 Å². The van der Waals surface area contributed by atoms with Crippen LogP contribution in [0.25, 0.3) is 0 Å². The van der Waals surface area contributed by atoms with Gasteiger partial charge < -0.3 is 19.1 Å². The summed E-state index contributed by atoms with van der Waals surface area (Å²) in [7, 11) is 0. The number of rotatable bonds is 6. The standard InChI is InChI=1S/C16H21NO6S/c1-4-21-14(18)10-8-7-9-17-11(15(19)22-5-2)12(24-13(10)17)16(20)23-6-3/h4-9H2,1-3H3. The van der Waals surface area contributed by atoms with E-state index >= 15 is 0 Å². The van der Waals surface area contributed by atoms with Crippen LogP contribution in [-0.2, 0) is 28.6 Å². The van der Waals surface area contributed by atoms with Crippen molar-refractivity contribution in [2.75, 3.05) is 26.4 Å². The molecule has 0 amide bonds. The molecule has 0 radical (unpaired) electrons. The van der Waals surface area contributed by atoms with Gasteiger partial charge in [-0.05, 0) is 33.6 Å². The van der Waals surface area contributed by atoms with Gasteiger partial charge in [0.05, 0.1) is 30.4 Å². The molecule has 0 bridgehead atoms. The first-order chi connectivity index (χ1) is 11.5. The Kier molecular flexibility index (Phi) is 6.30. The molecule has 2 aliphatic rings. The van der Waals surface area contributed by atoms with Crippen LogP contribution in [0.4, 0.5) is 0 Å². The molecular formula is C16H21NO6S. The van der Waals surface area contributed by atoms with Gasteiger partial charge in [-0.3, -0.25) is 0 Å². The predicted octanol–water partition coefficient (Wildman–Crippen LogP) is 1.94. The highest BCUT2D eigenvalue weighted by atomic mass is 32.2. The van der Waals surface area contributed by atoms with Gasteiger partial charge in [0.2, 0.25) is 0 Å². The molecule has 0 unspecified atom stereocenters.